The second kappa shape index (κ2) is 6.25. The van der Waals surface area contributed by atoms with E-state index in [4.69, 9.17) is 4.98 Å². The van der Waals surface area contributed by atoms with Crippen molar-refractivity contribution in [3.05, 3.63) is 70.9 Å². The molecule has 0 amide bonds. The molecule has 2 heterocycles. The Morgan fingerprint density at radius 3 is 2.83 bits per heavy atom. The summed E-state index contributed by atoms with van der Waals surface area (Å²) < 4.78 is 13.3. The molecule has 0 spiro atoms. The lowest BCUT2D eigenvalue weighted by molar-refractivity contribution is -0.151. The summed E-state index contributed by atoms with van der Waals surface area (Å²) in [5, 5.41) is 23.7. The van der Waals surface area contributed by atoms with Gasteiger partial charge in [0.2, 0.25) is 0 Å². The standard InChI is InChI=1S/C25H25FN2O2/c26-8-10-28-9-7-24-15-22-18(11-17-3-1-2-4-21(17)27-22)14-25(24,30)23(28)12-16-5-6-19(29)13-20(16)24/h1-6,11,13,23,29-30H,7-10,12,14-15H2/t23-,24-,25-/m1/s1. The topological polar surface area (TPSA) is 56.6 Å². The molecule has 3 aliphatic rings. The van der Waals surface area contributed by atoms with Gasteiger partial charge in [0, 0.05) is 41.9 Å². The number of rotatable bonds is 2. The van der Waals surface area contributed by atoms with Gasteiger partial charge in [0.25, 0.3) is 0 Å². The van der Waals surface area contributed by atoms with Crippen molar-refractivity contribution in [1.29, 1.82) is 0 Å². The number of aromatic hydroxyl groups is 1. The summed E-state index contributed by atoms with van der Waals surface area (Å²) in [4.78, 5) is 7.12. The number of fused-ring (bicyclic) bond motifs is 3. The lowest BCUT2D eigenvalue weighted by atomic mass is 9.49. The molecule has 4 nitrogen and oxygen atoms in total. The number of phenols is 1. The average Bonchev–Trinajstić information content (AvgIpc) is 2.73. The highest BCUT2D eigenvalue weighted by Crippen LogP contribution is 2.57. The molecule has 0 saturated carbocycles. The van der Waals surface area contributed by atoms with Gasteiger partial charge in [0.05, 0.1) is 11.1 Å². The van der Waals surface area contributed by atoms with Crippen LogP contribution in [0.4, 0.5) is 4.39 Å². The second-order valence-electron chi connectivity index (χ2n) is 9.18. The number of aromatic nitrogens is 1. The Labute approximate surface area is 175 Å². The molecule has 0 unspecified atom stereocenters. The minimum Gasteiger partial charge on any atom is -0.508 e. The first-order chi connectivity index (χ1) is 14.5. The number of para-hydroxylation sites is 1. The van der Waals surface area contributed by atoms with Gasteiger partial charge < -0.3 is 10.2 Å². The third kappa shape index (κ3) is 2.30. The lowest BCUT2D eigenvalue weighted by Gasteiger charge is -2.63. The fourth-order valence-electron chi connectivity index (χ4n) is 6.47. The fraction of sp³-hybridized carbons (Fsp3) is 0.400. The van der Waals surface area contributed by atoms with Crippen LogP contribution in [0, 0.1) is 0 Å². The highest BCUT2D eigenvalue weighted by Gasteiger charge is 2.64. The summed E-state index contributed by atoms with van der Waals surface area (Å²) in [6.45, 7) is 0.680. The van der Waals surface area contributed by atoms with Crippen LogP contribution in [0.15, 0.2) is 48.5 Å². The van der Waals surface area contributed by atoms with Crippen molar-refractivity contribution >= 4 is 10.9 Å². The molecular weight excluding hydrogens is 379 g/mol. The van der Waals surface area contributed by atoms with Gasteiger partial charge >= 0.3 is 0 Å². The molecule has 1 fully saturated rings. The Hall–Kier alpha value is -2.50. The summed E-state index contributed by atoms with van der Waals surface area (Å²) in [7, 11) is 0. The number of hydrogen-bond donors (Lipinski definition) is 2. The smallest absolute Gasteiger partial charge is 0.115 e. The Bertz CT molecular complexity index is 1170. The molecule has 3 aromatic rings. The maximum absolute atomic E-state index is 13.3. The molecule has 154 valence electrons. The van der Waals surface area contributed by atoms with E-state index in [1.807, 2.05) is 30.3 Å². The molecular formula is C25H25FN2O2. The summed E-state index contributed by atoms with van der Waals surface area (Å²) in [5.74, 6) is 0.229. The minimum atomic E-state index is -1.02. The highest BCUT2D eigenvalue weighted by atomic mass is 19.1. The molecule has 2 aliphatic carbocycles. The van der Waals surface area contributed by atoms with E-state index in [9.17, 15) is 14.6 Å². The van der Waals surface area contributed by atoms with Crippen molar-refractivity contribution in [2.24, 2.45) is 0 Å². The minimum absolute atomic E-state index is 0.140. The first-order valence-corrected chi connectivity index (χ1v) is 10.8. The van der Waals surface area contributed by atoms with Gasteiger partial charge in [-0.15, -0.1) is 0 Å². The predicted molar refractivity (Wildman–Crippen MR) is 114 cm³/mol. The molecule has 1 saturated heterocycles. The number of nitrogens with zero attached hydrogens (tertiary/aromatic N) is 2. The number of aliphatic hydroxyl groups is 1. The van der Waals surface area contributed by atoms with Crippen molar-refractivity contribution in [1.82, 2.24) is 9.88 Å². The van der Waals surface area contributed by atoms with Crippen molar-refractivity contribution in [3.63, 3.8) is 0 Å². The van der Waals surface area contributed by atoms with Crippen LogP contribution >= 0.6 is 0 Å². The molecule has 6 rings (SSSR count). The summed E-state index contributed by atoms with van der Waals surface area (Å²) in [6, 6.07) is 15.6. The molecule has 2 N–H and O–H groups in total. The van der Waals surface area contributed by atoms with E-state index in [-0.39, 0.29) is 11.8 Å². The summed E-state index contributed by atoms with van der Waals surface area (Å²) >= 11 is 0. The van der Waals surface area contributed by atoms with Crippen LogP contribution in [-0.2, 0) is 24.7 Å². The third-order valence-electron chi connectivity index (χ3n) is 7.86. The Kier molecular flexibility index (Phi) is 3.81. The third-order valence-corrected chi connectivity index (χ3v) is 7.86. The fourth-order valence-corrected chi connectivity index (χ4v) is 6.47. The van der Waals surface area contributed by atoms with E-state index in [1.165, 1.54) is 0 Å². The van der Waals surface area contributed by atoms with E-state index in [1.54, 1.807) is 6.07 Å². The van der Waals surface area contributed by atoms with Crippen molar-refractivity contribution in [2.75, 3.05) is 19.8 Å². The maximum atomic E-state index is 13.3. The largest absolute Gasteiger partial charge is 0.508 e. The van der Waals surface area contributed by atoms with Crippen LogP contribution in [0.5, 0.6) is 5.75 Å². The Balaban J connectivity index is 1.59. The van der Waals surface area contributed by atoms with Crippen LogP contribution in [0.25, 0.3) is 10.9 Å². The van der Waals surface area contributed by atoms with Gasteiger partial charge in [-0.1, -0.05) is 24.3 Å². The monoisotopic (exact) mass is 404 g/mol. The van der Waals surface area contributed by atoms with Gasteiger partial charge in [-0.3, -0.25) is 9.88 Å². The van der Waals surface area contributed by atoms with E-state index in [0.29, 0.717) is 25.8 Å². The van der Waals surface area contributed by atoms with Gasteiger partial charge in [0.1, 0.15) is 12.4 Å². The van der Waals surface area contributed by atoms with E-state index >= 15 is 0 Å². The maximum Gasteiger partial charge on any atom is 0.115 e. The molecule has 2 aromatic carbocycles. The van der Waals surface area contributed by atoms with Crippen LogP contribution in [0.3, 0.4) is 0 Å². The van der Waals surface area contributed by atoms with Crippen LogP contribution < -0.4 is 0 Å². The normalized spacial score (nSPS) is 29.9. The molecule has 2 bridgehead atoms. The quantitative estimate of drug-likeness (QED) is 0.688. The molecule has 1 aromatic heterocycles. The van der Waals surface area contributed by atoms with Gasteiger partial charge in [0.15, 0.2) is 0 Å². The van der Waals surface area contributed by atoms with E-state index < -0.39 is 17.7 Å². The van der Waals surface area contributed by atoms with Gasteiger partial charge in [-0.05, 0) is 60.3 Å². The summed E-state index contributed by atoms with van der Waals surface area (Å²) in [6.07, 6.45) is 2.54. The predicted octanol–water partition coefficient (Wildman–Crippen LogP) is 3.31. The molecule has 1 aliphatic heterocycles. The average molecular weight is 404 g/mol. The van der Waals surface area contributed by atoms with Crippen molar-refractivity contribution in [2.45, 2.75) is 42.7 Å². The number of hydrogen-bond acceptors (Lipinski definition) is 4. The molecule has 5 heteroatoms. The van der Waals surface area contributed by atoms with Crippen LogP contribution in [0.1, 0.15) is 28.8 Å². The number of alkyl halides is 1. The number of likely N-dealkylation sites (tertiary alicyclic amines) is 1. The summed E-state index contributed by atoms with van der Waals surface area (Å²) in [5.41, 5.74) is 3.75. The molecule has 30 heavy (non-hydrogen) atoms. The van der Waals surface area contributed by atoms with Crippen LogP contribution in [-0.4, -0.2) is 51.5 Å². The number of benzene rings is 2. The zero-order valence-electron chi connectivity index (χ0n) is 16.8. The Morgan fingerprint density at radius 2 is 1.97 bits per heavy atom. The van der Waals surface area contributed by atoms with Gasteiger partial charge in [-0.2, -0.15) is 0 Å². The van der Waals surface area contributed by atoms with E-state index in [2.05, 4.69) is 17.0 Å². The SMILES string of the molecule is Oc1ccc2c(c1)[C@]13CCN(CCF)[C@H](C2)[C@]1(O)Cc1cc2ccccc2nc1C3. The lowest BCUT2D eigenvalue weighted by Crippen LogP contribution is -2.74. The van der Waals surface area contributed by atoms with Gasteiger partial charge in [-0.25, -0.2) is 4.39 Å². The highest BCUT2D eigenvalue weighted by molar-refractivity contribution is 5.79. The Morgan fingerprint density at radius 1 is 1.10 bits per heavy atom. The molecule has 3 atom stereocenters. The van der Waals surface area contributed by atoms with E-state index in [0.717, 1.165) is 46.3 Å². The van der Waals surface area contributed by atoms with Crippen LogP contribution in [0.2, 0.25) is 0 Å². The number of halogens is 1. The zero-order chi connectivity index (χ0) is 20.5. The van der Waals surface area contributed by atoms with Crippen molar-refractivity contribution < 1.29 is 14.6 Å². The second-order valence-corrected chi connectivity index (χ2v) is 9.18. The zero-order valence-corrected chi connectivity index (χ0v) is 16.8. The first-order valence-electron chi connectivity index (χ1n) is 10.8. The first kappa shape index (κ1) is 18.3. The number of phenolic OH excluding ortho intramolecular Hbond substituents is 1. The molecule has 0 radical (unpaired) electrons. The number of pyridine rings is 1. The number of piperidine rings is 1. The van der Waals surface area contributed by atoms with Crippen molar-refractivity contribution in [3.8, 4) is 5.75 Å².